The lowest BCUT2D eigenvalue weighted by Gasteiger charge is -2.12. The number of halogens is 2. The van der Waals surface area contributed by atoms with E-state index in [2.05, 4.69) is 5.10 Å². The molecule has 0 N–H and O–H groups in total. The van der Waals surface area contributed by atoms with Crippen LogP contribution in [0.3, 0.4) is 0 Å². The summed E-state index contributed by atoms with van der Waals surface area (Å²) in [6.45, 7) is 1.87. The molecule has 0 fully saturated rings. The molecule has 2 heterocycles. The van der Waals surface area contributed by atoms with E-state index in [4.69, 9.17) is 4.74 Å². The number of aryl methyl sites for hydroxylation is 1. The van der Waals surface area contributed by atoms with Crippen molar-refractivity contribution in [2.75, 3.05) is 7.11 Å². The summed E-state index contributed by atoms with van der Waals surface area (Å²) in [4.78, 5) is 25.3. The Balaban J connectivity index is 2.03. The number of hydrogen-bond donors (Lipinski definition) is 0. The van der Waals surface area contributed by atoms with Crippen LogP contribution in [0.15, 0.2) is 59.7 Å². The number of ether oxygens (including phenoxy) is 1. The van der Waals surface area contributed by atoms with E-state index in [1.54, 1.807) is 18.2 Å². The van der Waals surface area contributed by atoms with Gasteiger partial charge in [0.15, 0.2) is 11.6 Å². The van der Waals surface area contributed by atoms with E-state index in [9.17, 15) is 18.4 Å². The average molecular weight is 395 g/mol. The van der Waals surface area contributed by atoms with Crippen LogP contribution < -0.4 is 5.56 Å². The van der Waals surface area contributed by atoms with Crippen LogP contribution in [0, 0.1) is 18.6 Å². The van der Waals surface area contributed by atoms with Crippen LogP contribution in [-0.4, -0.2) is 27.4 Å². The fraction of sp³-hybridized carbons (Fsp3) is 0.0952. The number of carbonyl (C=O) groups is 1. The highest BCUT2D eigenvalue weighted by Crippen LogP contribution is 2.26. The van der Waals surface area contributed by atoms with Gasteiger partial charge < -0.3 is 9.30 Å². The molecule has 0 unspecified atom stereocenters. The highest BCUT2D eigenvalue weighted by atomic mass is 19.2. The number of fused-ring (bicyclic) bond motifs is 1. The predicted octanol–water partition coefficient (Wildman–Crippen LogP) is 3.50. The zero-order valence-electron chi connectivity index (χ0n) is 15.5. The molecule has 2 aromatic carbocycles. The van der Waals surface area contributed by atoms with E-state index in [1.807, 2.05) is 13.0 Å². The molecule has 0 spiro atoms. The minimum absolute atomic E-state index is 0.0443. The van der Waals surface area contributed by atoms with Crippen LogP contribution >= 0.6 is 0 Å². The first-order valence-corrected chi connectivity index (χ1v) is 8.65. The van der Waals surface area contributed by atoms with Gasteiger partial charge in [-0.1, -0.05) is 18.2 Å². The molecule has 2 aliphatic heterocycles. The van der Waals surface area contributed by atoms with E-state index >= 15 is 0 Å². The minimum Gasteiger partial charge on any atom is -0.465 e. The second kappa shape index (κ2) is 6.97. The molecule has 0 saturated heterocycles. The smallest absolute Gasteiger partial charge is 0.341 e. The predicted molar refractivity (Wildman–Crippen MR) is 102 cm³/mol. The number of nitrogens with zero attached hydrogens (tertiary/aromatic N) is 3. The molecule has 0 aromatic heterocycles. The molecule has 2 aliphatic rings. The van der Waals surface area contributed by atoms with E-state index in [-0.39, 0.29) is 22.5 Å². The van der Waals surface area contributed by atoms with Crippen molar-refractivity contribution in [1.29, 1.82) is 0 Å². The van der Waals surface area contributed by atoms with Gasteiger partial charge >= 0.3 is 5.97 Å². The van der Waals surface area contributed by atoms with Gasteiger partial charge in [0.05, 0.1) is 24.0 Å². The quantitative estimate of drug-likeness (QED) is 0.498. The highest BCUT2D eigenvalue weighted by molar-refractivity contribution is 5.96. The second-order valence-corrected chi connectivity index (χ2v) is 6.46. The summed E-state index contributed by atoms with van der Waals surface area (Å²) in [5.41, 5.74) is 0.922. The molecule has 2 aromatic rings. The number of carbonyl (C=O) groups excluding carboxylic acids is 1. The summed E-state index contributed by atoms with van der Waals surface area (Å²) in [6, 6.07) is 10.8. The van der Waals surface area contributed by atoms with Crippen LogP contribution in [0.2, 0.25) is 0 Å². The fourth-order valence-electron chi connectivity index (χ4n) is 3.13. The normalized spacial score (nSPS) is 11.0. The minimum atomic E-state index is -1.11. The Bertz CT molecular complexity index is 1280. The standard InChI is InChI=1S/C21H15F2N3O3/c1-12-5-3-6-13(9-12)26-20(27)14-10-25(17-8-4-7-16(22)18(17)23)11-15(19(14)24-26)21(28)29-2/h3-11H,1-2H3. The van der Waals surface area contributed by atoms with Crippen LogP contribution in [0.5, 0.6) is 0 Å². The van der Waals surface area contributed by atoms with Crippen molar-refractivity contribution in [1.82, 2.24) is 14.3 Å². The number of pyridine rings is 1. The van der Waals surface area contributed by atoms with Crippen LogP contribution in [0.1, 0.15) is 15.9 Å². The third kappa shape index (κ3) is 3.08. The van der Waals surface area contributed by atoms with Gasteiger partial charge in [-0.05, 0) is 36.8 Å². The Kier molecular flexibility index (Phi) is 4.46. The van der Waals surface area contributed by atoms with Crippen LogP contribution in [-0.2, 0) is 4.74 Å². The lowest BCUT2D eigenvalue weighted by atomic mass is 10.1. The number of rotatable bonds is 3. The fourth-order valence-corrected chi connectivity index (χ4v) is 3.13. The molecule has 4 rings (SSSR count). The van der Waals surface area contributed by atoms with Crippen molar-refractivity contribution in [3.63, 3.8) is 0 Å². The first-order valence-electron chi connectivity index (χ1n) is 8.65. The first-order chi connectivity index (χ1) is 13.9. The maximum atomic E-state index is 14.3. The largest absolute Gasteiger partial charge is 0.465 e. The average Bonchev–Trinajstić information content (AvgIpc) is 3.05. The van der Waals surface area contributed by atoms with Gasteiger partial charge in [-0.25, -0.2) is 13.6 Å². The molecule has 0 saturated carbocycles. The van der Waals surface area contributed by atoms with Crippen molar-refractivity contribution in [3.8, 4) is 22.6 Å². The van der Waals surface area contributed by atoms with Gasteiger partial charge in [0.1, 0.15) is 11.3 Å². The number of benzene rings is 2. The molecule has 0 aliphatic carbocycles. The number of esters is 1. The van der Waals surface area contributed by atoms with E-state index < -0.39 is 23.2 Å². The number of hydrogen-bond acceptors (Lipinski definition) is 4. The first kappa shape index (κ1) is 18.5. The van der Waals surface area contributed by atoms with Crippen molar-refractivity contribution >= 4 is 5.97 Å². The molecule has 0 bridgehead atoms. The van der Waals surface area contributed by atoms with Gasteiger partial charge in [0.2, 0.25) is 0 Å². The molecule has 8 heteroatoms. The maximum Gasteiger partial charge on any atom is 0.341 e. The monoisotopic (exact) mass is 395 g/mol. The lowest BCUT2D eigenvalue weighted by molar-refractivity contribution is 0.0600. The third-order valence-corrected chi connectivity index (χ3v) is 4.53. The Labute approximate surface area is 163 Å². The Morgan fingerprint density at radius 1 is 1.10 bits per heavy atom. The van der Waals surface area contributed by atoms with E-state index in [0.717, 1.165) is 16.3 Å². The van der Waals surface area contributed by atoms with Gasteiger partial charge in [0, 0.05) is 12.4 Å². The molecule has 6 nitrogen and oxygen atoms in total. The Morgan fingerprint density at radius 3 is 2.59 bits per heavy atom. The molecule has 0 atom stereocenters. The third-order valence-electron chi connectivity index (χ3n) is 4.53. The van der Waals surface area contributed by atoms with E-state index in [0.29, 0.717) is 5.69 Å². The maximum absolute atomic E-state index is 14.3. The van der Waals surface area contributed by atoms with Crippen molar-refractivity contribution < 1.29 is 18.3 Å². The van der Waals surface area contributed by atoms with Gasteiger partial charge in [-0.15, -0.1) is 0 Å². The van der Waals surface area contributed by atoms with Crippen LogP contribution in [0.4, 0.5) is 8.78 Å². The van der Waals surface area contributed by atoms with Crippen molar-refractivity contribution in [2.24, 2.45) is 0 Å². The van der Waals surface area contributed by atoms with Gasteiger partial charge in [0.25, 0.3) is 5.56 Å². The van der Waals surface area contributed by atoms with Crippen molar-refractivity contribution in [3.05, 3.63) is 88.0 Å². The number of aromatic nitrogens is 3. The zero-order valence-corrected chi connectivity index (χ0v) is 15.5. The summed E-state index contributed by atoms with van der Waals surface area (Å²) in [7, 11) is 1.18. The topological polar surface area (TPSA) is 66.1 Å². The van der Waals surface area contributed by atoms with Gasteiger partial charge in [-0.2, -0.15) is 9.78 Å². The summed E-state index contributed by atoms with van der Waals surface area (Å²) < 4.78 is 35.1. The van der Waals surface area contributed by atoms with Gasteiger partial charge in [-0.3, -0.25) is 4.79 Å². The molecule has 29 heavy (non-hydrogen) atoms. The lowest BCUT2D eigenvalue weighted by Crippen LogP contribution is -2.15. The molecule has 146 valence electrons. The SMILES string of the molecule is COC(=O)c1cn(-c2cccc(F)c2F)cc2c(=O)n(-c3cccc(C)c3)nc1-2. The second-order valence-electron chi connectivity index (χ2n) is 6.46. The number of methoxy groups -OCH3 is 1. The Hall–Kier alpha value is -3.81. The summed E-state index contributed by atoms with van der Waals surface area (Å²) in [6.07, 6.45) is 2.58. The summed E-state index contributed by atoms with van der Waals surface area (Å²) in [5.74, 6) is -2.91. The van der Waals surface area contributed by atoms with Crippen molar-refractivity contribution in [2.45, 2.75) is 6.92 Å². The molecule has 0 radical (unpaired) electrons. The highest BCUT2D eigenvalue weighted by Gasteiger charge is 2.26. The summed E-state index contributed by atoms with van der Waals surface area (Å²) >= 11 is 0. The molecular weight excluding hydrogens is 380 g/mol. The van der Waals surface area contributed by atoms with Crippen LogP contribution in [0.25, 0.3) is 22.6 Å². The Morgan fingerprint density at radius 2 is 1.86 bits per heavy atom. The summed E-state index contributed by atoms with van der Waals surface area (Å²) in [5, 5.41) is 4.29. The molecule has 0 amide bonds. The molecular formula is C21H15F2N3O3. The zero-order chi connectivity index (χ0) is 20.7. The van der Waals surface area contributed by atoms with E-state index in [1.165, 1.54) is 36.2 Å².